The number of pyridine rings is 1. The molecule has 3 rings (SSSR count). The molecule has 0 spiro atoms. The zero-order chi connectivity index (χ0) is 15.0. The summed E-state index contributed by atoms with van der Waals surface area (Å²) < 4.78 is 0. The van der Waals surface area contributed by atoms with Crippen LogP contribution in [0.1, 0.15) is 54.6 Å². The molecule has 0 amide bonds. The van der Waals surface area contributed by atoms with Crippen LogP contribution >= 0.6 is 0 Å². The molecule has 0 saturated carbocycles. The Morgan fingerprint density at radius 2 is 1.81 bits per heavy atom. The Hall–Kier alpha value is -1.41. The third kappa shape index (κ3) is 2.82. The fourth-order valence-corrected chi connectivity index (χ4v) is 3.29. The molecule has 0 unspecified atom stereocenters. The van der Waals surface area contributed by atoms with Gasteiger partial charge in [0, 0.05) is 23.7 Å². The Labute approximate surface area is 128 Å². The summed E-state index contributed by atoms with van der Waals surface area (Å²) in [6.45, 7) is 9.77. The van der Waals surface area contributed by atoms with Crippen molar-refractivity contribution in [2.24, 2.45) is 0 Å². The molecule has 0 radical (unpaired) electrons. The lowest BCUT2D eigenvalue weighted by molar-refractivity contribution is 0.581. The van der Waals surface area contributed by atoms with Crippen molar-refractivity contribution in [3.05, 3.63) is 40.1 Å². The average Bonchev–Trinajstić information content (AvgIpc) is 2.45. The van der Waals surface area contributed by atoms with E-state index in [-0.39, 0.29) is 0 Å². The summed E-state index contributed by atoms with van der Waals surface area (Å²) in [6.07, 6.45) is 4.93. The van der Waals surface area contributed by atoms with Crippen molar-refractivity contribution >= 4 is 10.9 Å². The van der Waals surface area contributed by atoms with E-state index in [9.17, 15) is 0 Å². The maximum atomic E-state index is 4.98. The second-order valence-electron chi connectivity index (χ2n) is 6.71. The monoisotopic (exact) mass is 282 g/mol. The molecule has 0 bridgehead atoms. The van der Waals surface area contributed by atoms with Gasteiger partial charge < -0.3 is 5.32 Å². The Morgan fingerprint density at radius 3 is 2.57 bits per heavy atom. The predicted octanol–water partition coefficient (Wildman–Crippen LogP) is 4.23. The summed E-state index contributed by atoms with van der Waals surface area (Å²) in [5.41, 5.74) is 8.24. The molecule has 2 heteroatoms. The third-order valence-electron chi connectivity index (χ3n) is 4.68. The minimum absolute atomic E-state index is 0.513. The van der Waals surface area contributed by atoms with Crippen LogP contribution in [0.25, 0.3) is 10.9 Å². The van der Waals surface area contributed by atoms with E-state index >= 15 is 0 Å². The Morgan fingerprint density at radius 1 is 1.10 bits per heavy atom. The highest BCUT2D eigenvalue weighted by Gasteiger charge is 2.18. The molecule has 1 aromatic carbocycles. The first kappa shape index (κ1) is 14.5. The van der Waals surface area contributed by atoms with Crippen LogP contribution in [0, 0.1) is 13.8 Å². The van der Waals surface area contributed by atoms with Gasteiger partial charge in [0.2, 0.25) is 0 Å². The van der Waals surface area contributed by atoms with Gasteiger partial charge in [0.1, 0.15) is 0 Å². The Bertz CT molecular complexity index is 671. The van der Waals surface area contributed by atoms with Crippen LogP contribution in [-0.4, -0.2) is 11.0 Å². The Balaban J connectivity index is 2.20. The lowest BCUT2D eigenvalue weighted by Gasteiger charge is -2.22. The summed E-state index contributed by atoms with van der Waals surface area (Å²) in [5, 5.41) is 4.96. The lowest BCUT2D eigenvalue weighted by Crippen LogP contribution is -2.24. The SMILES string of the molecule is Cc1cc2nc3c(c(CNC(C)C)c2cc1C)CCCC3. The molecule has 2 aromatic rings. The number of fused-ring (bicyclic) bond motifs is 2. The summed E-state index contributed by atoms with van der Waals surface area (Å²) in [5.74, 6) is 0. The number of benzene rings is 1. The molecule has 0 aliphatic heterocycles. The predicted molar refractivity (Wildman–Crippen MR) is 89.8 cm³/mol. The molecule has 21 heavy (non-hydrogen) atoms. The fraction of sp³-hybridized carbons (Fsp3) is 0.526. The van der Waals surface area contributed by atoms with E-state index in [4.69, 9.17) is 4.98 Å². The van der Waals surface area contributed by atoms with E-state index in [1.54, 1.807) is 0 Å². The summed E-state index contributed by atoms with van der Waals surface area (Å²) in [4.78, 5) is 4.98. The van der Waals surface area contributed by atoms with Crippen molar-refractivity contribution in [3.63, 3.8) is 0 Å². The molecule has 1 aliphatic carbocycles. The van der Waals surface area contributed by atoms with Gasteiger partial charge in [-0.3, -0.25) is 4.98 Å². The molecule has 1 aromatic heterocycles. The number of nitrogens with zero attached hydrogens (tertiary/aromatic N) is 1. The standard InChI is InChI=1S/C19H26N2/c1-12(2)20-11-17-15-7-5-6-8-18(15)21-19-10-14(4)13(3)9-16(17)19/h9-10,12,20H,5-8,11H2,1-4H3. The zero-order valence-corrected chi connectivity index (χ0v) is 13.7. The topological polar surface area (TPSA) is 24.9 Å². The molecule has 2 nitrogen and oxygen atoms in total. The van der Waals surface area contributed by atoms with Crippen LogP contribution < -0.4 is 5.32 Å². The lowest BCUT2D eigenvalue weighted by atomic mass is 9.89. The van der Waals surface area contributed by atoms with Crippen LogP contribution in [0.4, 0.5) is 0 Å². The molecule has 0 saturated heterocycles. The summed E-state index contributed by atoms with van der Waals surface area (Å²) >= 11 is 0. The number of aromatic nitrogens is 1. The normalized spacial score (nSPS) is 14.7. The number of aryl methyl sites for hydroxylation is 3. The number of rotatable bonds is 3. The van der Waals surface area contributed by atoms with Gasteiger partial charge in [-0.2, -0.15) is 0 Å². The first-order valence-corrected chi connectivity index (χ1v) is 8.21. The van der Waals surface area contributed by atoms with Crippen LogP contribution in [-0.2, 0) is 19.4 Å². The summed E-state index contributed by atoms with van der Waals surface area (Å²) in [7, 11) is 0. The van der Waals surface area contributed by atoms with E-state index in [1.807, 2.05) is 0 Å². The van der Waals surface area contributed by atoms with Gasteiger partial charge in [-0.05, 0) is 73.9 Å². The number of hydrogen-bond acceptors (Lipinski definition) is 2. The van der Waals surface area contributed by atoms with Crippen LogP contribution in [0.5, 0.6) is 0 Å². The molecule has 112 valence electrons. The highest BCUT2D eigenvalue weighted by atomic mass is 14.9. The largest absolute Gasteiger partial charge is 0.310 e. The van der Waals surface area contributed by atoms with Gasteiger partial charge in [0.25, 0.3) is 0 Å². The zero-order valence-electron chi connectivity index (χ0n) is 13.7. The summed E-state index contributed by atoms with van der Waals surface area (Å²) in [6, 6.07) is 5.11. The second kappa shape index (κ2) is 5.76. The van der Waals surface area contributed by atoms with Crippen molar-refractivity contribution in [2.45, 2.75) is 66.0 Å². The van der Waals surface area contributed by atoms with Gasteiger partial charge in [-0.1, -0.05) is 13.8 Å². The molecular formula is C19H26N2. The quantitative estimate of drug-likeness (QED) is 0.911. The number of hydrogen-bond donors (Lipinski definition) is 1. The molecular weight excluding hydrogens is 256 g/mol. The van der Waals surface area contributed by atoms with Crippen molar-refractivity contribution in [2.75, 3.05) is 0 Å². The van der Waals surface area contributed by atoms with E-state index in [1.165, 1.54) is 58.1 Å². The molecule has 1 aliphatic rings. The first-order chi connectivity index (χ1) is 10.1. The third-order valence-corrected chi connectivity index (χ3v) is 4.68. The fourth-order valence-electron chi connectivity index (χ4n) is 3.29. The van der Waals surface area contributed by atoms with Crippen LogP contribution in [0.3, 0.4) is 0 Å². The van der Waals surface area contributed by atoms with Gasteiger partial charge >= 0.3 is 0 Å². The molecule has 1 N–H and O–H groups in total. The number of nitrogens with one attached hydrogen (secondary N) is 1. The highest BCUT2D eigenvalue weighted by molar-refractivity contribution is 5.85. The van der Waals surface area contributed by atoms with Crippen molar-refractivity contribution in [3.8, 4) is 0 Å². The van der Waals surface area contributed by atoms with Crippen molar-refractivity contribution < 1.29 is 0 Å². The maximum absolute atomic E-state index is 4.98. The van der Waals surface area contributed by atoms with Crippen molar-refractivity contribution in [1.82, 2.24) is 10.3 Å². The smallest absolute Gasteiger partial charge is 0.0711 e. The van der Waals surface area contributed by atoms with Crippen molar-refractivity contribution in [1.29, 1.82) is 0 Å². The molecule has 1 heterocycles. The minimum atomic E-state index is 0.513. The highest BCUT2D eigenvalue weighted by Crippen LogP contribution is 2.30. The van der Waals surface area contributed by atoms with E-state index in [0.717, 1.165) is 13.0 Å². The van der Waals surface area contributed by atoms with Gasteiger partial charge in [0.15, 0.2) is 0 Å². The average molecular weight is 282 g/mol. The molecule has 0 fully saturated rings. The van der Waals surface area contributed by atoms with Gasteiger partial charge in [0.05, 0.1) is 5.52 Å². The first-order valence-electron chi connectivity index (χ1n) is 8.21. The molecule has 0 atom stereocenters. The van der Waals surface area contributed by atoms with Gasteiger partial charge in [-0.15, -0.1) is 0 Å². The minimum Gasteiger partial charge on any atom is -0.310 e. The van der Waals surface area contributed by atoms with Crippen LogP contribution in [0.15, 0.2) is 12.1 Å². The van der Waals surface area contributed by atoms with Gasteiger partial charge in [-0.25, -0.2) is 0 Å². The van der Waals surface area contributed by atoms with E-state index in [2.05, 4.69) is 45.1 Å². The second-order valence-corrected chi connectivity index (χ2v) is 6.71. The van der Waals surface area contributed by atoms with Crippen LogP contribution in [0.2, 0.25) is 0 Å². The Kier molecular flexibility index (Phi) is 3.99. The maximum Gasteiger partial charge on any atom is 0.0711 e. The van der Waals surface area contributed by atoms with E-state index < -0.39 is 0 Å². The van der Waals surface area contributed by atoms with E-state index in [0.29, 0.717) is 6.04 Å².